The van der Waals surface area contributed by atoms with Gasteiger partial charge in [0.15, 0.2) is 9.84 Å². The summed E-state index contributed by atoms with van der Waals surface area (Å²) in [6.45, 7) is 0. The zero-order valence-corrected chi connectivity index (χ0v) is 25.0. The summed E-state index contributed by atoms with van der Waals surface area (Å²) in [6, 6.07) is 7.41. The second-order valence-electron chi connectivity index (χ2n) is 10.7. The molecule has 2 fully saturated rings. The van der Waals surface area contributed by atoms with Crippen LogP contribution in [-0.2, 0) is 24.2 Å². The van der Waals surface area contributed by atoms with Crippen LogP contribution in [0, 0.1) is 17.1 Å². The maximum atomic E-state index is 15.0. The third kappa shape index (κ3) is 6.62. The molecule has 2 heterocycles. The number of halogens is 4. The fourth-order valence-corrected chi connectivity index (χ4v) is 6.20. The Morgan fingerprint density at radius 3 is 2.56 bits per heavy atom. The molecule has 2 aromatic carbocycles. The van der Waals surface area contributed by atoms with E-state index in [1.165, 1.54) is 30.5 Å². The molecule has 45 heavy (non-hydrogen) atoms. The zero-order chi connectivity index (χ0) is 32.7. The van der Waals surface area contributed by atoms with Crippen molar-refractivity contribution in [3.8, 4) is 6.07 Å². The maximum Gasteiger partial charge on any atom is 0.252 e. The number of hydrogen-bond acceptors (Lipinski definition) is 8. The number of alkyl halides is 2. The van der Waals surface area contributed by atoms with Crippen LogP contribution in [0.5, 0.6) is 0 Å². The van der Waals surface area contributed by atoms with Crippen LogP contribution in [0.2, 0.25) is 5.02 Å². The average molecular weight is 661 g/mol. The normalized spacial score (nSPS) is 18.5. The molecule has 0 spiro atoms. The van der Waals surface area contributed by atoms with Gasteiger partial charge in [-0.1, -0.05) is 29.8 Å². The van der Waals surface area contributed by atoms with Crippen LogP contribution in [0.3, 0.4) is 0 Å². The third-order valence-corrected chi connectivity index (χ3v) is 8.85. The molecule has 5 rings (SSSR count). The van der Waals surface area contributed by atoms with Gasteiger partial charge < -0.3 is 5.32 Å². The van der Waals surface area contributed by atoms with Crippen molar-refractivity contribution in [3.05, 3.63) is 76.8 Å². The van der Waals surface area contributed by atoms with Gasteiger partial charge in [0.05, 0.1) is 4.90 Å². The fourth-order valence-electron chi connectivity index (χ4n) is 5.30. The Balaban J connectivity index is 1.69. The molecule has 234 valence electrons. The lowest BCUT2D eigenvalue weighted by Gasteiger charge is -2.39. The van der Waals surface area contributed by atoms with Gasteiger partial charge in [-0.15, -0.1) is 0 Å². The zero-order valence-electron chi connectivity index (χ0n) is 23.5. The van der Waals surface area contributed by atoms with Crippen LogP contribution < -0.4 is 15.1 Å². The summed E-state index contributed by atoms with van der Waals surface area (Å²) in [6.07, 6.45) is 0.445. The summed E-state index contributed by atoms with van der Waals surface area (Å²) in [5, 5.41) is 11.8. The Morgan fingerprint density at radius 2 is 1.91 bits per heavy atom. The van der Waals surface area contributed by atoms with Gasteiger partial charge >= 0.3 is 0 Å². The van der Waals surface area contributed by atoms with Gasteiger partial charge in [-0.2, -0.15) is 5.26 Å². The molecular formula is C29H24ClF3N6O5S. The number of carbonyl (C=O) groups excluding carboxylic acids is 3. The van der Waals surface area contributed by atoms with Crippen LogP contribution in [-0.4, -0.2) is 60.4 Å². The van der Waals surface area contributed by atoms with E-state index in [1.807, 2.05) is 6.07 Å². The number of hydrogen-bond donors (Lipinski definition) is 1. The highest BCUT2D eigenvalue weighted by atomic mass is 35.5. The molecule has 1 saturated heterocycles. The largest absolute Gasteiger partial charge is 0.351 e. The van der Waals surface area contributed by atoms with Gasteiger partial charge in [-0.05, 0) is 36.8 Å². The summed E-state index contributed by atoms with van der Waals surface area (Å²) >= 11 is 6.48. The van der Waals surface area contributed by atoms with Crippen LogP contribution in [0.25, 0.3) is 0 Å². The number of anilines is 2. The standard InChI is InChI=1S/C29H24ClF3N6O5S/c1-45(43,44)20-11-16(31)10-19(12-20)38(27(42)23-6-7-24(40)39(23)28-35-9-8-17(15-34)37-28)25(21-4-2-3-5-22(21)30)26(41)36-18-13-29(32,33)14-18/h2-5,8-12,18,23,25H,6-7,13-14H2,1H3,(H,36,41)/t23-,25?/m0/s1. The Bertz CT molecular complexity index is 1850. The molecule has 2 aliphatic rings. The predicted molar refractivity (Wildman–Crippen MR) is 155 cm³/mol. The summed E-state index contributed by atoms with van der Waals surface area (Å²) in [7, 11) is -4.04. The van der Waals surface area contributed by atoms with Crippen molar-refractivity contribution in [1.82, 2.24) is 15.3 Å². The number of nitriles is 1. The van der Waals surface area contributed by atoms with Crippen molar-refractivity contribution in [2.45, 2.75) is 54.6 Å². The lowest BCUT2D eigenvalue weighted by molar-refractivity contribution is -0.133. The molecule has 0 bridgehead atoms. The molecule has 1 aromatic heterocycles. The van der Waals surface area contributed by atoms with Gasteiger partial charge in [0.25, 0.3) is 11.8 Å². The molecule has 0 radical (unpaired) electrons. The Morgan fingerprint density at radius 1 is 1.20 bits per heavy atom. The topological polar surface area (TPSA) is 153 Å². The minimum atomic E-state index is -4.04. The third-order valence-electron chi connectivity index (χ3n) is 7.41. The number of carbonyl (C=O) groups is 3. The number of sulfone groups is 1. The first-order valence-corrected chi connectivity index (χ1v) is 15.8. The molecule has 2 atom stereocenters. The minimum Gasteiger partial charge on any atom is -0.351 e. The van der Waals surface area contributed by atoms with Crippen LogP contribution in [0.1, 0.15) is 43.0 Å². The molecule has 16 heteroatoms. The van der Waals surface area contributed by atoms with Crippen LogP contribution >= 0.6 is 11.6 Å². The van der Waals surface area contributed by atoms with Gasteiger partial charge in [0.1, 0.15) is 29.7 Å². The van der Waals surface area contributed by atoms with E-state index in [2.05, 4.69) is 15.3 Å². The van der Waals surface area contributed by atoms with Crippen LogP contribution in [0.15, 0.2) is 59.6 Å². The van der Waals surface area contributed by atoms with Crippen molar-refractivity contribution in [2.75, 3.05) is 16.1 Å². The lowest BCUT2D eigenvalue weighted by atomic mass is 9.87. The number of nitrogens with zero attached hydrogens (tertiary/aromatic N) is 5. The summed E-state index contributed by atoms with van der Waals surface area (Å²) in [4.78, 5) is 50.9. The molecular weight excluding hydrogens is 637 g/mol. The number of amides is 3. The monoisotopic (exact) mass is 660 g/mol. The van der Waals surface area contributed by atoms with E-state index in [0.717, 1.165) is 34.3 Å². The molecule has 1 N–H and O–H groups in total. The average Bonchev–Trinajstić information content (AvgIpc) is 3.35. The molecule has 1 saturated carbocycles. The summed E-state index contributed by atoms with van der Waals surface area (Å²) in [5.41, 5.74) is -0.471. The quantitative estimate of drug-likeness (QED) is 0.384. The maximum absolute atomic E-state index is 15.0. The van der Waals surface area contributed by atoms with Gasteiger partial charge in [-0.3, -0.25) is 24.2 Å². The van der Waals surface area contributed by atoms with E-state index >= 15 is 4.39 Å². The van der Waals surface area contributed by atoms with Gasteiger partial charge in [-0.25, -0.2) is 31.6 Å². The van der Waals surface area contributed by atoms with Crippen molar-refractivity contribution in [2.24, 2.45) is 0 Å². The highest BCUT2D eigenvalue weighted by molar-refractivity contribution is 7.90. The van der Waals surface area contributed by atoms with E-state index in [0.29, 0.717) is 0 Å². The van der Waals surface area contributed by atoms with E-state index in [4.69, 9.17) is 11.6 Å². The van der Waals surface area contributed by atoms with Crippen molar-refractivity contribution < 1.29 is 36.0 Å². The molecule has 11 nitrogen and oxygen atoms in total. The molecule has 3 aromatic rings. The number of benzene rings is 2. The summed E-state index contributed by atoms with van der Waals surface area (Å²) < 4.78 is 67.3. The lowest BCUT2D eigenvalue weighted by Crippen LogP contribution is -2.56. The first-order valence-electron chi connectivity index (χ1n) is 13.5. The van der Waals surface area contributed by atoms with Crippen molar-refractivity contribution in [3.63, 3.8) is 0 Å². The fraction of sp³-hybridized carbons (Fsp3) is 0.310. The van der Waals surface area contributed by atoms with E-state index < -0.39 is 75.2 Å². The van der Waals surface area contributed by atoms with Crippen LogP contribution in [0.4, 0.5) is 24.8 Å². The highest BCUT2D eigenvalue weighted by Gasteiger charge is 2.49. The predicted octanol–water partition coefficient (Wildman–Crippen LogP) is 3.73. The number of rotatable bonds is 8. The Hall–Kier alpha value is -4.55. The Labute approximate surface area is 260 Å². The molecule has 1 aliphatic carbocycles. The van der Waals surface area contributed by atoms with E-state index in [-0.39, 0.29) is 40.8 Å². The Kier molecular flexibility index (Phi) is 8.56. The molecule has 1 aliphatic heterocycles. The first kappa shape index (κ1) is 31.9. The highest BCUT2D eigenvalue weighted by Crippen LogP contribution is 2.40. The second kappa shape index (κ2) is 12.1. The SMILES string of the molecule is CS(=O)(=O)c1cc(F)cc(N(C(=O)[C@@H]2CCC(=O)N2c2nccc(C#N)n2)C(C(=O)NC2CC(F)(F)C2)c2ccccc2Cl)c1. The summed E-state index contributed by atoms with van der Waals surface area (Å²) in [5.74, 6) is -6.86. The number of aromatic nitrogens is 2. The van der Waals surface area contributed by atoms with Crippen molar-refractivity contribution >= 4 is 50.8 Å². The van der Waals surface area contributed by atoms with Gasteiger partial charge in [0, 0.05) is 54.0 Å². The van der Waals surface area contributed by atoms with E-state index in [1.54, 1.807) is 6.07 Å². The first-order chi connectivity index (χ1) is 21.2. The minimum absolute atomic E-state index is 0.0138. The van der Waals surface area contributed by atoms with Crippen molar-refractivity contribution in [1.29, 1.82) is 5.26 Å². The second-order valence-corrected chi connectivity index (χ2v) is 13.1. The van der Waals surface area contributed by atoms with E-state index in [9.17, 15) is 36.8 Å². The molecule has 1 unspecified atom stereocenters. The molecule has 3 amide bonds. The smallest absolute Gasteiger partial charge is 0.252 e. The number of nitrogens with one attached hydrogen (secondary N) is 1. The van der Waals surface area contributed by atoms with Gasteiger partial charge in [0.2, 0.25) is 17.8 Å².